The Bertz CT molecular complexity index is 509. The minimum atomic E-state index is -1.50. The van der Waals surface area contributed by atoms with Crippen molar-refractivity contribution < 1.29 is 23.0 Å². The number of hydrogen-bond acceptors (Lipinski definition) is 3. The van der Waals surface area contributed by atoms with Crippen LogP contribution in [0.3, 0.4) is 0 Å². The van der Waals surface area contributed by atoms with Gasteiger partial charge in [0.05, 0.1) is 11.7 Å². The molecule has 2 fully saturated rings. The van der Waals surface area contributed by atoms with E-state index >= 15 is 0 Å². The van der Waals surface area contributed by atoms with Crippen LogP contribution in [0, 0.1) is 23.4 Å². The Labute approximate surface area is 125 Å². The van der Waals surface area contributed by atoms with Crippen LogP contribution in [0.25, 0.3) is 0 Å². The van der Waals surface area contributed by atoms with Gasteiger partial charge in [-0.25, -0.2) is 13.2 Å². The van der Waals surface area contributed by atoms with Gasteiger partial charge in [-0.3, -0.25) is 0 Å². The number of thioether (sulfide) groups is 1. The topological polar surface area (TPSA) is 29.5 Å². The highest BCUT2D eigenvalue weighted by Crippen LogP contribution is 2.44. The number of aliphatic hydroxyl groups excluding tert-OH is 1. The standard InChI is InChI=1S/C15H17F3O2S/c16-11-5-10(6-12(17)13(11)18)14(19)9-1-3-20-15(7-9)2-4-21-8-15/h5-6,9,14,19H,1-4,7-8H2. The van der Waals surface area contributed by atoms with E-state index in [0.717, 1.165) is 30.1 Å². The van der Waals surface area contributed by atoms with Gasteiger partial charge in [0.1, 0.15) is 0 Å². The first kappa shape index (κ1) is 15.2. The van der Waals surface area contributed by atoms with Crippen molar-refractivity contribution in [3.8, 4) is 0 Å². The largest absolute Gasteiger partial charge is 0.388 e. The van der Waals surface area contributed by atoms with Gasteiger partial charge >= 0.3 is 0 Å². The Balaban J connectivity index is 1.79. The summed E-state index contributed by atoms with van der Waals surface area (Å²) >= 11 is 1.82. The number of aliphatic hydroxyl groups is 1. The Morgan fingerprint density at radius 3 is 2.62 bits per heavy atom. The monoisotopic (exact) mass is 318 g/mol. The molecule has 0 saturated carbocycles. The fraction of sp³-hybridized carbons (Fsp3) is 0.600. The molecule has 0 amide bonds. The Morgan fingerprint density at radius 1 is 1.29 bits per heavy atom. The molecule has 1 aromatic carbocycles. The molecular formula is C15H17F3O2S. The van der Waals surface area contributed by atoms with E-state index < -0.39 is 23.6 Å². The maximum absolute atomic E-state index is 13.3. The number of ether oxygens (including phenoxy) is 1. The van der Waals surface area contributed by atoms with E-state index in [2.05, 4.69) is 0 Å². The lowest BCUT2D eigenvalue weighted by Gasteiger charge is -2.39. The van der Waals surface area contributed by atoms with Crippen LogP contribution in [0.5, 0.6) is 0 Å². The van der Waals surface area contributed by atoms with Crippen molar-refractivity contribution in [1.82, 2.24) is 0 Å². The van der Waals surface area contributed by atoms with Gasteiger partial charge in [-0.15, -0.1) is 0 Å². The molecule has 1 aromatic rings. The van der Waals surface area contributed by atoms with Crippen LogP contribution in [-0.4, -0.2) is 28.8 Å². The molecule has 3 atom stereocenters. The van der Waals surface area contributed by atoms with E-state index in [1.54, 1.807) is 0 Å². The lowest BCUT2D eigenvalue weighted by atomic mass is 9.80. The predicted octanol–water partition coefficient (Wildman–Crippen LogP) is 3.44. The van der Waals surface area contributed by atoms with Crippen LogP contribution in [0.1, 0.15) is 30.9 Å². The molecule has 3 unspecified atom stereocenters. The van der Waals surface area contributed by atoms with Crippen molar-refractivity contribution in [2.75, 3.05) is 18.1 Å². The molecule has 1 N–H and O–H groups in total. The molecule has 0 aliphatic carbocycles. The third kappa shape index (κ3) is 2.94. The third-order valence-corrected chi connectivity index (χ3v) is 5.62. The summed E-state index contributed by atoms with van der Waals surface area (Å²) in [5, 5.41) is 10.4. The molecule has 0 aromatic heterocycles. The molecule has 2 heterocycles. The minimum absolute atomic E-state index is 0.0964. The van der Waals surface area contributed by atoms with E-state index in [1.165, 1.54) is 0 Å². The highest BCUT2D eigenvalue weighted by molar-refractivity contribution is 7.99. The lowest BCUT2D eigenvalue weighted by Crippen LogP contribution is -2.41. The fourth-order valence-corrected chi connectivity index (χ4v) is 4.59. The van der Waals surface area contributed by atoms with Crippen LogP contribution in [-0.2, 0) is 4.74 Å². The second-order valence-corrected chi connectivity index (χ2v) is 6.94. The van der Waals surface area contributed by atoms with Crippen LogP contribution >= 0.6 is 11.8 Å². The normalized spacial score (nSPS) is 30.8. The van der Waals surface area contributed by atoms with Crippen molar-refractivity contribution in [2.24, 2.45) is 5.92 Å². The molecule has 6 heteroatoms. The van der Waals surface area contributed by atoms with Gasteiger partial charge in [0.25, 0.3) is 0 Å². The van der Waals surface area contributed by atoms with Gasteiger partial charge in [-0.05, 0) is 48.6 Å². The molecule has 2 saturated heterocycles. The molecule has 2 aliphatic rings. The Kier molecular flexibility index (Phi) is 4.21. The van der Waals surface area contributed by atoms with Crippen LogP contribution in [0.4, 0.5) is 13.2 Å². The summed E-state index contributed by atoms with van der Waals surface area (Å²) in [4.78, 5) is 0. The van der Waals surface area contributed by atoms with E-state index in [1.807, 2.05) is 11.8 Å². The molecule has 21 heavy (non-hydrogen) atoms. The van der Waals surface area contributed by atoms with Gasteiger partial charge in [0.2, 0.25) is 0 Å². The molecule has 2 nitrogen and oxygen atoms in total. The van der Waals surface area contributed by atoms with Gasteiger partial charge in [-0.1, -0.05) is 0 Å². The summed E-state index contributed by atoms with van der Waals surface area (Å²) in [5.74, 6) is -2.22. The van der Waals surface area contributed by atoms with Crippen molar-refractivity contribution in [2.45, 2.75) is 31.0 Å². The van der Waals surface area contributed by atoms with Crippen molar-refractivity contribution >= 4 is 11.8 Å². The minimum Gasteiger partial charge on any atom is -0.388 e. The van der Waals surface area contributed by atoms with Crippen LogP contribution in [0.2, 0.25) is 0 Å². The van der Waals surface area contributed by atoms with Gasteiger partial charge in [-0.2, -0.15) is 11.8 Å². The first-order valence-electron chi connectivity index (χ1n) is 7.05. The average molecular weight is 318 g/mol. The second-order valence-electron chi connectivity index (χ2n) is 5.83. The molecule has 3 rings (SSSR count). The van der Waals surface area contributed by atoms with Crippen LogP contribution in [0.15, 0.2) is 12.1 Å². The summed E-state index contributed by atoms with van der Waals surface area (Å²) in [7, 11) is 0. The average Bonchev–Trinajstić information content (AvgIpc) is 2.91. The molecular weight excluding hydrogens is 301 g/mol. The fourth-order valence-electron chi connectivity index (χ4n) is 3.22. The van der Waals surface area contributed by atoms with Gasteiger partial charge in [0.15, 0.2) is 17.5 Å². The molecule has 116 valence electrons. The zero-order valence-electron chi connectivity index (χ0n) is 11.4. The van der Waals surface area contributed by atoms with Crippen molar-refractivity contribution in [3.63, 3.8) is 0 Å². The predicted molar refractivity (Wildman–Crippen MR) is 74.6 cm³/mol. The zero-order chi connectivity index (χ0) is 15.0. The SMILES string of the molecule is OC(c1cc(F)c(F)c(F)c1)C1CCOC2(CCSC2)C1. The third-order valence-electron chi connectivity index (χ3n) is 4.39. The number of rotatable bonds is 2. The quantitative estimate of drug-likeness (QED) is 0.847. The number of hydrogen-bond donors (Lipinski definition) is 1. The highest BCUT2D eigenvalue weighted by atomic mass is 32.2. The number of benzene rings is 1. The summed E-state index contributed by atoms with van der Waals surface area (Å²) in [6.07, 6.45) is 1.24. The summed E-state index contributed by atoms with van der Waals surface area (Å²) in [6, 6.07) is 1.77. The second kappa shape index (κ2) is 5.82. The van der Waals surface area contributed by atoms with E-state index in [4.69, 9.17) is 4.74 Å². The molecule has 2 aliphatic heterocycles. The summed E-state index contributed by atoms with van der Waals surface area (Å²) in [6.45, 7) is 0.536. The molecule has 0 bridgehead atoms. The first-order chi connectivity index (χ1) is 10.0. The highest BCUT2D eigenvalue weighted by Gasteiger charge is 2.42. The summed E-state index contributed by atoms with van der Waals surface area (Å²) in [5.41, 5.74) is -0.120. The Morgan fingerprint density at radius 2 is 2.00 bits per heavy atom. The first-order valence-corrected chi connectivity index (χ1v) is 8.20. The van der Waals surface area contributed by atoms with Crippen molar-refractivity contribution in [3.05, 3.63) is 35.1 Å². The summed E-state index contributed by atoms with van der Waals surface area (Å²) < 4.78 is 45.5. The van der Waals surface area contributed by atoms with Gasteiger partial charge < -0.3 is 9.84 Å². The van der Waals surface area contributed by atoms with Crippen LogP contribution < -0.4 is 0 Å². The number of halogens is 3. The Hall–Kier alpha value is -0.720. The van der Waals surface area contributed by atoms with E-state index in [-0.39, 0.29) is 17.1 Å². The smallest absolute Gasteiger partial charge is 0.194 e. The molecule has 1 spiro atoms. The van der Waals surface area contributed by atoms with Gasteiger partial charge in [0, 0.05) is 12.4 Å². The van der Waals surface area contributed by atoms with E-state index in [0.29, 0.717) is 19.4 Å². The lowest BCUT2D eigenvalue weighted by molar-refractivity contribution is -0.102. The zero-order valence-corrected chi connectivity index (χ0v) is 12.3. The maximum atomic E-state index is 13.3. The van der Waals surface area contributed by atoms with Crippen molar-refractivity contribution in [1.29, 1.82) is 0 Å². The van der Waals surface area contributed by atoms with E-state index in [9.17, 15) is 18.3 Å². The molecule has 0 radical (unpaired) electrons. The maximum Gasteiger partial charge on any atom is 0.194 e.